The summed E-state index contributed by atoms with van der Waals surface area (Å²) in [4.78, 5) is 12.4. The molecule has 0 bridgehead atoms. The van der Waals surface area contributed by atoms with E-state index in [4.69, 9.17) is 35.3 Å². The average molecular weight is 510 g/mol. The fourth-order valence-electron chi connectivity index (χ4n) is 3.50. The lowest BCUT2D eigenvalue weighted by atomic mass is 10.1. The van der Waals surface area contributed by atoms with Crippen LogP contribution in [-0.4, -0.2) is 41.3 Å². The van der Waals surface area contributed by atoms with E-state index in [1.807, 2.05) is 36.4 Å². The predicted molar refractivity (Wildman–Crippen MR) is 143 cm³/mol. The van der Waals surface area contributed by atoms with Gasteiger partial charge in [-0.05, 0) is 59.7 Å². The van der Waals surface area contributed by atoms with Gasteiger partial charge in [-0.1, -0.05) is 23.8 Å². The highest BCUT2D eigenvalue weighted by Crippen LogP contribution is 2.40. The van der Waals surface area contributed by atoms with Crippen molar-refractivity contribution in [1.82, 2.24) is 0 Å². The average Bonchev–Trinajstić information content (AvgIpc) is 2.90. The minimum atomic E-state index is -0.163. The van der Waals surface area contributed by atoms with Gasteiger partial charge in [0, 0.05) is 22.9 Å². The van der Waals surface area contributed by atoms with Gasteiger partial charge in [0.15, 0.2) is 28.8 Å². The first kappa shape index (κ1) is 26.5. The van der Waals surface area contributed by atoms with E-state index in [2.05, 4.69) is 5.32 Å². The van der Waals surface area contributed by atoms with Gasteiger partial charge in [-0.25, -0.2) is 0 Å². The Morgan fingerprint density at radius 3 is 1.72 bits per heavy atom. The predicted octanol–water partition coefficient (Wildman–Crippen LogP) is 6.36. The van der Waals surface area contributed by atoms with Crippen molar-refractivity contribution in [3.05, 3.63) is 82.5 Å². The van der Waals surface area contributed by atoms with Gasteiger partial charge in [-0.15, -0.1) is 0 Å². The summed E-state index contributed by atoms with van der Waals surface area (Å²) in [6.45, 7) is 0. The molecule has 36 heavy (non-hydrogen) atoms. The van der Waals surface area contributed by atoms with E-state index < -0.39 is 0 Å². The van der Waals surface area contributed by atoms with Crippen molar-refractivity contribution >= 4 is 35.2 Å². The Kier molecular flexibility index (Phi) is 9.25. The lowest BCUT2D eigenvalue weighted by Gasteiger charge is -2.14. The SMILES string of the molecule is COc1cc(C=Cc2cc(OC)c(OC)c(OC)c2)cc(NC=CC(=O)c2ccc(Cl)cc2)c1OC. The molecule has 7 nitrogen and oxygen atoms in total. The van der Waals surface area contributed by atoms with Crippen LogP contribution in [0.25, 0.3) is 12.2 Å². The van der Waals surface area contributed by atoms with Crippen LogP contribution < -0.4 is 29.0 Å². The van der Waals surface area contributed by atoms with Crippen LogP contribution in [0.15, 0.2) is 60.8 Å². The number of hydrogen-bond acceptors (Lipinski definition) is 7. The molecular weight excluding hydrogens is 482 g/mol. The third-order valence-corrected chi connectivity index (χ3v) is 5.51. The summed E-state index contributed by atoms with van der Waals surface area (Å²) >= 11 is 5.90. The van der Waals surface area contributed by atoms with Crippen LogP contribution in [0.1, 0.15) is 21.5 Å². The normalized spacial score (nSPS) is 10.9. The Balaban J connectivity index is 1.89. The van der Waals surface area contributed by atoms with E-state index in [1.54, 1.807) is 66.0 Å². The van der Waals surface area contributed by atoms with E-state index in [-0.39, 0.29) is 5.78 Å². The molecule has 3 aromatic carbocycles. The number of carbonyl (C=O) groups excluding carboxylic acids is 1. The molecule has 8 heteroatoms. The summed E-state index contributed by atoms with van der Waals surface area (Å²) in [5.74, 6) is 2.51. The van der Waals surface area contributed by atoms with Crippen LogP contribution in [0.4, 0.5) is 5.69 Å². The van der Waals surface area contributed by atoms with Gasteiger partial charge in [-0.3, -0.25) is 4.79 Å². The summed E-state index contributed by atoms with van der Waals surface area (Å²) in [7, 11) is 7.82. The third kappa shape index (κ3) is 6.31. The number of carbonyl (C=O) groups is 1. The molecule has 0 unspecified atom stereocenters. The molecule has 0 spiro atoms. The quantitative estimate of drug-likeness (QED) is 0.183. The van der Waals surface area contributed by atoms with Gasteiger partial charge in [0.2, 0.25) is 5.75 Å². The second kappa shape index (κ2) is 12.6. The lowest BCUT2D eigenvalue weighted by molar-refractivity contribution is 0.104. The van der Waals surface area contributed by atoms with Gasteiger partial charge >= 0.3 is 0 Å². The van der Waals surface area contributed by atoms with Crippen molar-refractivity contribution in [2.45, 2.75) is 0 Å². The zero-order valence-electron chi connectivity index (χ0n) is 20.8. The number of allylic oxidation sites excluding steroid dienone is 1. The van der Waals surface area contributed by atoms with Crippen molar-refractivity contribution in [2.75, 3.05) is 40.9 Å². The van der Waals surface area contributed by atoms with E-state index in [0.29, 0.717) is 45.0 Å². The number of ether oxygens (including phenoxy) is 5. The largest absolute Gasteiger partial charge is 0.493 e. The highest BCUT2D eigenvalue weighted by Gasteiger charge is 2.13. The molecule has 0 aliphatic heterocycles. The number of methoxy groups -OCH3 is 5. The van der Waals surface area contributed by atoms with Gasteiger partial charge in [0.05, 0.1) is 41.2 Å². The Morgan fingerprint density at radius 2 is 1.22 bits per heavy atom. The zero-order chi connectivity index (χ0) is 26.1. The summed E-state index contributed by atoms with van der Waals surface area (Å²) < 4.78 is 27.3. The molecule has 0 heterocycles. The Bertz CT molecular complexity index is 1240. The minimum Gasteiger partial charge on any atom is -0.493 e. The molecule has 0 saturated carbocycles. The number of nitrogens with one attached hydrogen (secondary N) is 1. The smallest absolute Gasteiger partial charge is 0.203 e. The molecule has 3 aromatic rings. The van der Waals surface area contributed by atoms with Gasteiger partial charge < -0.3 is 29.0 Å². The standard InChI is InChI=1S/C28H28ClNO6/c1-32-24-15-18(6-7-19-16-25(33-2)28(36-5)26(17-19)34-3)14-22(27(24)35-4)30-13-12-23(31)20-8-10-21(29)11-9-20/h6-17,30H,1-5H3. The molecule has 3 rings (SSSR count). The molecule has 0 aliphatic rings. The van der Waals surface area contributed by atoms with Gasteiger partial charge in [0.25, 0.3) is 0 Å². The first-order valence-electron chi connectivity index (χ1n) is 10.9. The number of halogens is 1. The van der Waals surface area contributed by atoms with Crippen molar-refractivity contribution < 1.29 is 28.5 Å². The number of hydrogen-bond donors (Lipinski definition) is 1. The molecule has 0 aliphatic carbocycles. The van der Waals surface area contributed by atoms with Crippen LogP contribution >= 0.6 is 11.6 Å². The van der Waals surface area contributed by atoms with Crippen LogP contribution in [0.3, 0.4) is 0 Å². The maximum Gasteiger partial charge on any atom is 0.203 e. The maximum atomic E-state index is 12.4. The number of anilines is 1. The van der Waals surface area contributed by atoms with E-state index in [9.17, 15) is 4.79 Å². The molecule has 188 valence electrons. The van der Waals surface area contributed by atoms with Gasteiger partial charge in [0.1, 0.15) is 0 Å². The molecule has 0 fully saturated rings. The van der Waals surface area contributed by atoms with Crippen LogP contribution in [0, 0.1) is 0 Å². The Hall–Kier alpha value is -4.10. The monoisotopic (exact) mass is 509 g/mol. The second-order valence-corrected chi connectivity index (χ2v) is 7.88. The molecule has 0 atom stereocenters. The molecule has 0 amide bonds. The first-order chi connectivity index (χ1) is 17.4. The van der Waals surface area contributed by atoms with E-state index in [0.717, 1.165) is 11.1 Å². The van der Waals surface area contributed by atoms with Crippen LogP contribution in [-0.2, 0) is 0 Å². The highest BCUT2D eigenvalue weighted by atomic mass is 35.5. The van der Waals surface area contributed by atoms with Crippen LogP contribution in [0.2, 0.25) is 5.02 Å². The number of rotatable bonds is 11. The Labute approximate surface area is 215 Å². The molecule has 0 radical (unpaired) electrons. The highest BCUT2D eigenvalue weighted by molar-refractivity contribution is 6.30. The summed E-state index contributed by atoms with van der Waals surface area (Å²) in [5, 5.41) is 3.69. The number of ketones is 1. The van der Waals surface area contributed by atoms with Crippen LogP contribution in [0.5, 0.6) is 28.7 Å². The van der Waals surface area contributed by atoms with Crippen molar-refractivity contribution in [2.24, 2.45) is 0 Å². The van der Waals surface area contributed by atoms with Crippen molar-refractivity contribution in [3.8, 4) is 28.7 Å². The van der Waals surface area contributed by atoms with E-state index in [1.165, 1.54) is 6.08 Å². The van der Waals surface area contributed by atoms with Crippen molar-refractivity contribution in [3.63, 3.8) is 0 Å². The maximum absolute atomic E-state index is 12.4. The summed E-state index contributed by atoms with van der Waals surface area (Å²) in [6.07, 6.45) is 6.82. The number of benzene rings is 3. The lowest BCUT2D eigenvalue weighted by Crippen LogP contribution is -1.99. The fourth-order valence-corrected chi connectivity index (χ4v) is 3.62. The second-order valence-electron chi connectivity index (χ2n) is 7.44. The fraction of sp³-hybridized carbons (Fsp3) is 0.179. The molecular formula is C28H28ClNO6. The summed E-state index contributed by atoms with van der Waals surface area (Å²) in [6, 6.07) is 14.1. The Morgan fingerprint density at radius 1 is 0.722 bits per heavy atom. The zero-order valence-corrected chi connectivity index (χ0v) is 21.5. The molecule has 0 aromatic heterocycles. The summed E-state index contributed by atoms with van der Waals surface area (Å²) in [5.41, 5.74) is 2.84. The minimum absolute atomic E-state index is 0.163. The molecule has 1 N–H and O–H groups in total. The topological polar surface area (TPSA) is 75.3 Å². The molecule has 0 saturated heterocycles. The van der Waals surface area contributed by atoms with Gasteiger partial charge in [-0.2, -0.15) is 0 Å². The first-order valence-corrected chi connectivity index (χ1v) is 11.3. The third-order valence-electron chi connectivity index (χ3n) is 5.26. The van der Waals surface area contributed by atoms with Crippen molar-refractivity contribution in [1.29, 1.82) is 0 Å². The van der Waals surface area contributed by atoms with E-state index >= 15 is 0 Å².